The Balaban J connectivity index is 1.54. The molecule has 1 unspecified atom stereocenters. The Morgan fingerprint density at radius 1 is 1.26 bits per heavy atom. The summed E-state index contributed by atoms with van der Waals surface area (Å²) in [5, 5.41) is 3.15. The molecule has 0 spiro atoms. The van der Waals surface area contributed by atoms with E-state index in [2.05, 4.69) is 35.7 Å². The fraction of sp³-hybridized carbons (Fsp3) is 0.400. The SMILES string of the molecule is CC1(C)CCC(NC(=O)C2=CN3CCS(=O)(=O)N=C3C=C2)c2ccccc21. The van der Waals surface area contributed by atoms with Crippen molar-refractivity contribution in [1.82, 2.24) is 10.2 Å². The van der Waals surface area contributed by atoms with Crippen LogP contribution in [0.25, 0.3) is 0 Å². The van der Waals surface area contributed by atoms with Crippen LogP contribution in [0.3, 0.4) is 0 Å². The van der Waals surface area contributed by atoms with Gasteiger partial charge in [0.25, 0.3) is 15.9 Å². The number of benzene rings is 1. The summed E-state index contributed by atoms with van der Waals surface area (Å²) < 4.78 is 27.0. The number of hydrogen-bond donors (Lipinski definition) is 1. The summed E-state index contributed by atoms with van der Waals surface area (Å²) in [6, 6.07) is 8.27. The van der Waals surface area contributed by atoms with Crippen molar-refractivity contribution in [3.05, 3.63) is 59.3 Å². The van der Waals surface area contributed by atoms with Crippen LogP contribution in [-0.4, -0.2) is 37.4 Å². The Hall–Kier alpha value is -2.41. The standard InChI is InChI=1S/C20H23N3O3S/c1-20(2)10-9-17(15-5-3-4-6-16(15)20)21-19(24)14-7-8-18-22-27(25,26)12-11-23(18)13-14/h3-8,13,17H,9-12H2,1-2H3,(H,21,24). The molecule has 0 saturated heterocycles. The quantitative estimate of drug-likeness (QED) is 0.848. The van der Waals surface area contributed by atoms with Crippen molar-refractivity contribution < 1.29 is 13.2 Å². The van der Waals surface area contributed by atoms with Crippen molar-refractivity contribution in [2.75, 3.05) is 12.3 Å². The van der Waals surface area contributed by atoms with Crippen LogP contribution in [0.4, 0.5) is 0 Å². The van der Waals surface area contributed by atoms with Crippen molar-refractivity contribution in [3.8, 4) is 0 Å². The molecular formula is C20H23N3O3S. The first-order chi connectivity index (χ1) is 12.8. The molecule has 1 N–H and O–H groups in total. The van der Waals surface area contributed by atoms with Crippen molar-refractivity contribution in [2.24, 2.45) is 4.40 Å². The first-order valence-corrected chi connectivity index (χ1v) is 10.8. The Morgan fingerprint density at radius 3 is 2.85 bits per heavy atom. The minimum absolute atomic E-state index is 0.0205. The lowest BCUT2D eigenvalue weighted by molar-refractivity contribution is -0.118. The number of nitrogens with one attached hydrogen (secondary N) is 1. The third kappa shape index (κ3) is 3.43. The number of hydrogen-bond acceptors (Lipinski definition) is 4. The zero-order chi connectivity index (χ0) is 19.2. The lowest BCUT2D eigenvalue weighted by Gasteiger charge is -2.37. The molecule has 1 amide bonds. The maximum absolute atomic E-state index is 12.8. The molecule has 6 nitrogen and oxygen atoms in total. The van der Waals surface area contributed by atoms with Crippen LogP contribution in [0.5, 0.6) is 0 Å². The van der Waals surface area contributed by atoms with Crippen molar-refractivity contribution in [3.63, 3.8) is 0 Å². The monoisotopic (exact) mass is 385 g/mol. The molecule has 1 aliphatic carbocycles. The van der Waals surface area contributed by atoms with E-state index in [1.54, 1.807) is 23.3 Å². The van der Waals surface area contributed by atoms with E-state index in [1.807, 2.05) is 12.1 Å². The van der Waals surface area contributed by atoms with Gasteiger partial charge in [-0.1, -0.05) is 38.1 Å². The van der Waals surface area contributed by atoms with Crippen molar-refractivity contribution >= 4 is 21.8 Å². The molecule has 2 heterocycles. The van der Waals surface area contributed by atoms with Gasteiger partial charge < -0.3 is 10.2 Å². The molecule has 0 aromatic heterocycles. The maximum atomic E-state index is 12.8. The predicted molar refractivity (Wildman–Crippen MR) is 105 cm³/mol. The maximum Gasteiger partial charge on any atom is 0.256 e. The molecule has 0 saturated carbocycles. The molecule has 7 heteroatoms. The number of carbonyl (C=O) groups is 1. The van der Waals surface area contributed by atoms with E-state index >= 15 is 0 Å². The van der Waals surface area contributed by atoms with Crippen LogP contribution in [0.15, 0.2) is 52.6 Å². The average Bonchev–Trinajstić information content (AvgIpc) is 2.63. The molecule has 1 aromatic rings. The van der Waals surface area contributed by atoms with Gasteiger partial charge in [-0.3, -0.25) is 4.79 Å². The average molecular weight is 385 g/mol. The molecule has 0 bridgehead atoms. The zero-order valence-corrected chi connectivity index (χ0v) is 16.3. The Kier molecular flexibility index (Phi) is 4.22. The first kappa shape index (κ1) is 18.0. The van der Waals surface area contributed by atoms with Gasteiger partial charge >= 0.3 is 0 Å². The largest absolute Gasteiger partial charge is 0.345 e. The number of amides is 1. The van der Waals surface area contributed by atoms with E-state index in [0.717, 1.165) is 12.8 Å². The van der Waals surface area contributed by atoms with Crippen molar-refractivity contribution in [2.45, 2.75) is 38.1 Å². The van der Waals surface area contributed by atoms with Gasteiger partial charge in [0.05, 0.1) is 17.4 Å². The lowest BCUT2D eigenvalue weighted by atomic mass is 9.71. The fourth-order valence-electron chi connectivity index (χ4n) is 3.94. The summed E-state index contributed by atoms with van der Waals surface area (Å²) in [4.78, 5) is 14.5. The first-order valence-electron chi connectivity index (χ1n) is 9.15. The number of nitrogens with zero attached hydrogens (tertiary/aromatic N) is 2. The van der Waals surface area contributed by atoms with Gasteiger partial charge in [0.15, 0.2) is 0 Å². The highest BCUT2D eigenvalue weighted by Gasteiger charge is 2.33. The highest BCUT2D eigenvalue weighted by atomic mass is 32.2. The van der Waals surface area contributed by atoms with Gasteiger partial charge in [-0.2, -0.15) is 0 Å². The minimum Gasteiger partial charge on any atom is -0.345 e. The summed E-state index contributed by atoms with van der Waals surface area (Å²) in [5.41, 5.74) is 3.07. The summed E-state index contributed by atoms with van der Waals surface area (Å²) in [6.07, 6.45) is 6.79. The van der Waals surface area contributed by atoms with E-state index in [0.29, 0.717) is 18.0 Å². The second-order valence-corrected chi connectivity index (χ2v) is 9.64. The van der Waals surface area contributed by atoms with Gasteiger partial charge in [-0.05, 0) is 41.5 Å². The van der Waals surface area contributed by atoms with Crippen LogP contribution in [0, 0.1) is 0 Å². The third-order valence-electron chi connectivity index (χ3n) is 5.51. The summed E-state index contributed by atoms with van der Waals surface area (Å²) in [5.74, 6) is 0.168. The number of sulfonamides is 1. The van der Waals surface area contributed by atoms with E-state index in [4.69, 9.17) is 0 Å². The van der Waals surface area contributed by atoms with Crippen LogP contribution in [0.1, 0.15) is 43.9 Å². The molecule has 1 aromatic carbocycles. The number of amidine groups is 1. The van der Waals surface area contributed by atoms with E-state index < -0.39 is 10.0 Å². The molecule has 1 atom stereocenters. The molecular weight excluding hydrogens is 362 g/mol. The Labute approximate surface area is 159 Å². The fourth-order valence-corrected chi connectivity index (χ4v) is 4.91. The van der Waals surface area contributed by atoms with E-state index in [9.17, 15) is 13.2 Å². The van der Waals surface area contributed by atoms with Crippen molar-refractivity contribution in [1.29, 1.82) is 0 Å². The minimum atomic E-state index is -3.39. The van der Waals surface area contributed by atoms with Gasteiger partial charge in [-0.25, -0.2) is 8.42 Å². The third-order valence-corrected chi connectivity index (χ3v) is 6.68. The summed E-state index contributed by atoms with van der Waals surface area (Å²) in [7, 11) is -3.39. The summed E-state index contributed by atoms with van der Waals surface area (Å²) in [6.45, 7) is 4.78. The van der Waals surface area contributed by atoms with Gasteiger partial charge in [-0.15, -0.1) is 4.40 Å². The second-order valence-electron chi connectivity index (χ2n) is 7.88. The second kappa shape index (κ2) is 6.34. The van der Waals surface area contributed by atoms with E-state index in [-0.39, 0.29) is 23.1 Å². The smallest absolute Gasteiger partial charge is 0.256 e. The highest BCUT2D eigenvalue weighted by Crippen LogP contribution is 2.41. The molecule has 0 fully saturated rings. The van der Waals surface area contributed by atoms with Crippen LogP contribution in [0.2, 0.25) is 0 Å². The lowest BCUT2D eigenvalue weighted by Crippen LogP contribution is -2.39. The Morgan fingerprint density at radius 2 is 2.04 bits per heavy atom. The topological polar surface area (TPSA) is 78.8 Å². The van der Waals surface area contributed by atoms with Crippen LogP contribution < -0.4 is 5.32 Å². The van der Waals surface area contributed by atoms with Crippen LogP contribution >= 0.6 is 0 Å². The molecule has 3 aliphatic rings. The van der Waals surface area contributed by atoms with Gasteiger partial charge in [0.1, 0.15) is 5.84 Å². The van der Waals surface area contributed by atoms with E-state index in [1.165, 1.54) is 11.1 Å². The van der Waals surface area contributed by atoms with Gasteiger partial charge in [0, 0.05) is 12.7 Å². The normalized spacial score (nSPS) is 25.0. The zero-order valence-electron chi connectivity index (χ0n) is 15.5. The molecule has 0 radical (unpaired) electrons. The number of fused-ring (bicyclic) bond motifs is 2. The number of carbonyl (C=O) groups excluding carboxylic acids is 1. The van der Waals surface area contributed by atoms with Crippen LogP contribution in [-0.2, 0) is 20.2 Å². The highest BCUT2D eigenvalue weighted by molar-refractivity contribution is 7.90. The number of rotatable bonds is 2. The predicted octanol–water partition coefficient (Wildman–Crippen LogP) is 2.41. The molecule has 4 rings (SSSR count). The van der Waals surface area contributed by atoms with Gasteiger partial charge in [0.2, 0.25) is 0 Å². The summed E-state index contributed by atoms with van der Waals surface area (Å²) >= 11 is 0. The molecule has 27 heavy (non-hydrogen) atoms. The molecule has 2 aliphatic heterocycles. The molecule has 142 valence electrons. The Bertz CT molecular complexity index is 989.